The highest BCUT2D eigenvalue weighted by atomic mass is 16.3. The van der Waals surface area contributed by atoms with Gasteiger partial charge in [-0.1, -0.05) is 25.1 Å². The van der Waals surface area contributed by atoms with Gasteiger partial charge in [0.2, 0.25) is 0 Å². The van der Waals surface area contributed by atoms with Gasteiger partial charge in [0.15, 0.2) is 0 Å². The first kappa shape index (κ1) is 9.91. The van der Waals surface area contributed by atoms with Crippen molar-refractivity contribution in [1.29, 1.82) is 0 Å². The van der Waals surface area contributed by atoms with E-state index in [9.17, 15) is 0 Å². The van der Waals surface area contributed by atoms with Gasteiger partial charge in [0, 0.05) is 29.5 Å². The van der Waals surface area contributed by atoms with Crippen LogP contribution < -0.4 is 0 Å². The highest BCUT2D eigenvalue weighted by molar-refractivity contribution is 5.83. The molecule has 0 N–H and O–H groups in total. The molecule has 0 spiro atoms. The van der Waals surface area contributed by atoms with Gasteiger partial charge in [-0.2, -0.15) is 0 Å². The molecule has 0 saturated carbocycles. The third kappa shape index (κ3) is 1.23. The number of nitrogens with zero attached hydrogens (tertiary/aromatic N) is 1. The Bertz CT molecular complexity index is 529. The summed E-state index contributed by atoms with van der Waals surface area (Å²) in [4.78, 5) is 2.40. The molecule has 1 aromatic carbocycles. The number of furan rings is 1. The van der Waals surface area contributed by atoms with Crippen molar-refractivity contribution in [2.75, 3.05) is 13.6 Å². The van der Waals surface area contributed by atoms with E-state index in [-0.39, 0.29) is 0 Å². The maximum Gasteiger partial charge on any atom is 0.134 e. The van der Waals surface area contributed by atoms with Crippen LogP contribution in [0.15, 0.2) is 28.7 Å². The fourth-order valence-corrected chi connectivity index (χ4v) is 2.77. The van der Waals surface area contributed by atoms with Gasteiger partial charge in [0.25, 0.3) is 0 Å². The molecule has 16 heavy (non-hydrogen) atoms. The molecule has 2 unspecified atom stereocenters. The van der Waals surface area contributed by atoms with Crippen LogP contribution in [-0.4, -0.2) is 18.5 Å². The van der Waals surface area contributed by atoms with Gasteiger partial charge in [-0.15, -0.1) is 0 Å². The summed E-state index contributed by atoms with van der Waals surface area (Å²) in [5.41, 5.74) is 2.42. The number of likely N-dealkylation sites (N-methyl/N-ethyl adjacent to an activating group) is 1. The fraction of sp³-hybridized carbons (Fsp3) is 0.429. The van der Waals surface area contributed by atoms with Crippen molar-refractivity contribution >= 4 is 11.0 Å². The van der Waals surface area contributed by atoms with Crippen molar-refractivity contribution < 1.29 is 4.42 Å². The Morgan fingerprint density at radius 3 is 2.81 bits per heavy atom. The molecule has 2 aromatic rings. The summed E-state index contributed by atoms with van der Waals surface area (Å²) in [5.74, 6) is 1.68. The van der Waals surface area contributed by atoms with Gasteiger partial charge in [-0.3, -0.25) is 4.90 Å². The zero-order chi connectivity index (χ0) is 11.3. The Morgan fingerprint density at radius 1 is 1.25 bits per heavy atom. The number of hydrogen-bond acceptors (Lipinski definition) is 2. The molecule has 84 valence electrons. The summed E-state index contributed by atoms with van der Waals surface area (Å²) >= 11 is 0. The van der Waals surface area contributed by atoms with E-state index in [0.717, 1.165) is 12.1 Å². The molecule has 1 aromatic heterocycles. The first-order valence-corrected chi connectivity index (χ1v) is 5.90. The predicted molar refractivity (Wildman–Crippen MR) is 65.7 cm³/mol. The van der Waals surface area contributed by atoms with Crippen molar-refractivity contribution in [2.45, 2.75) is 25.8 Å². The first-order valence-electron chi connectivity index (χ1n) is 5.90. The third-order valence-corrected chi connectivity index (χ3v) is 3.75. The molecule has 3 rings (SSSR count). The van der Waals surface area contributed by atoms with E-state index in [1.54, 1.807) is 0 Å². The molecule has 0 amide bonds. The summed E-state index contributed by atoms with van der Waals surface area (Å²) in [5, 5.41) is 1.28. The lowest BCUT2D eigenvalue weighted by Gasteiger charge is -2.32. The average Bonchev–Trinajstić information content (AvgIpc) is 2.66. The minimum absolute atomic E-state index is 0.454. The van der Waals surface area contributed by atoms with Gasteiger partial charge < -0.3 is 4.42 Å². The largest absolute Gasteiger partial charge is 0.460 e. The summed E-state index contributed by atoms with van der Waals surface area (Å²) < 4.78 is 5.99. The van der Waals surface area contributed by atoms with Crippen LogP contribution in [0.4, 0.5) is 0 Å². The van der Waals surface area contributed by atoms with Crippen molar-refractivity contribution in [2.24, 2.45) is 0 Å². The minimum atomic E-state index is 0.454. The third-order valence-electron chi connectivity index (χ3n) is 3.75. The number of rotatable bonds is 0. The molecule has 0 fully saturated rings. The average molecular weight is 215 g/mol. The van der Waals surface area contributed by atoms with Crippen LogP contribution >= 0.6 is 0 Å². The molecule has 1 aliphatic heterocycles. The summed E-state index contributed by atoms with van der Waals surface area (Å²) in [6.07, 6.45) is 0. The second-order valence-corrected chi connectivity index (χ2v) is 4.89. The van der Waals surface area contributed by atoms with Crippen LogP contribution in [0.5, 0.6) is 0 Å². The molecule has 2 heteroatoms. The van der Waals surface area contributed by atoms with E-state index in [1.165, 1.54) is 16.7 Å². The highest BCUT2D eigenvalue weighted by Crippen LogP contribution is 2.41. The van der Waals surface area contributed by atoms with Crippen molar-refractivity contribution in [1.82, 2.24) is 4.90 Å². The molecule has 0 bridgehead atoms. The molecule has 0 aliphatic carbocycles. The molecule has 2 heterocycles. The normalized spacial score (nSPS) is 25.9. The molecule has 2 atom stereocenters. The van der Waals surface area contributed by atoms with E-state index in [2.05, 4.69) is 44.0 Å². The van der Waals surface area contributed by atoms with E-state index < -0.39 is 0 Å². The van der Waals surface area contributed by atoms with Gasteiger partial charge in [-0.25, -0.2) is 0 Å². The Labute approximate surface area is 95.9 Å². The first-order chi connectivity index (χ1) is 7.68. The van der Waals surface area contributed by atoms with Crippen LogP contribution in [0.3, 0.4) is 0 Å². The number of fused-ring (bicyclic) bond motifs is 3. The molecular formula is C14H17NO. The molecule has 1 aliphatic rings. The second-order valence-electron chi connectivity index (χ2n) is 4.89. The molecule has 0 saturated heterocycles. The second kappa shape index (κ2) is 3.36. The maximum absolute atomic E-state index is 5.99. The summed E-state index contributed by atoms with van der Waals surface area (Å²) in [7, 11) is 2.19. The number of benzene rings is 1. The van der Waals surface area contributed by atoms with E-state index in [4.69, 9.17) is 4.42 Å². The fourth-order valence-electron chi connectivity index (χ4n) is 2.77. The van der Waals surface area contributed by atoms with Crippen LogP contribution in [0.2, 0.25) is 0 Å². The smallest absolute Gasteiger partial charge is 0.134 e. The summed E-state index contributed by atoms with van der Waals surface area (Å²) in [6.45, 7) is 5.57. The van der Waals surface area contributed by atoms with E-state index >= 15 is 0 Å². The molecule has 0 radical (unpaired) electrons. The van der Waals surface area contributed by atoms with Crippen LogP contribution in [0.25, 0.3) is 11.0 Å². The van der Waals surface area contributed by atoms with Gasteiger partial charge in [0.05, 0.1) is 0 Å². The Hall–Kier alpha value is -1.28. The van der Waals surface area contributed by atoms with Gasteiger partial charge in [-0.05, 0) is 20.0 Å². The van der Waals surface area contributed by atoms with Crippen LogP contribution in [-0.2, 0) is 0 Å². The van der Waals surface area contributed by atoms with Crippen molar-refractivity contribution in [3.63, 3.8) is 0 Å². The molecular weight excluding hydrogens is 198 g/mol. The Kier molecular flexibility index (Phi) is 2.08. The van der Waals surface area contributed by atoms with Gasteiger partial charge >= 0.3 is 0 Å². The maximum atomic E-state index is 5.99. The van der Waals surface area contributed by atoms with Gasteiger partial charge in [0.1, 0.15) is 11.3 Å². The zero-order valence-electron chi connectivity index (χ0n) is 10.0. The quantitative estimate of drug-likeness (QED) is 0.668. The minimum Gasteiger partial charge on any atom is -0.460 e. The van der Waals surface area contributed by atoms with E-state index in [0.29, 0.717) is 12.0 Å². The van der Waals surface area contributed by atoms with E-state index in [1.807, 2.05) is 6.07 Å². The van der Waals surface area contributed by atoms with Crippen molar-refractivity contribution in [3.8, 4) is 0 Å². The van der Waals surface area contributed by atoms with Crippen LogP contribution in [0, 0.1) is 0 Å². The highest BCUT2D eigenvalue weighted by Gasteiger charge is 2.31. The lowest BCUT2D eigenvalue weighted by Crippen LogP contribution is -2.31. The topological polar surface area (TPSA) is 16.4 Å². The number of hydrogen-bond donors (Lipinski definition) is 0. The lowest BCUT2D eigenvalue weighted by molar-refractivity contribution is 0.215. The predicted octanol–water partition coefficient (Wildman–Crippen LogP) is 3.54. The van der Waals surface area contributed by atoms with Crippen LogP contribution in [0.1, 0.15) is 37.1 Å². The SMILES string of the molecule is CC1CN(C)C(C)c2c1oc1ccccc21. The zero-order valence-corrected chi connectivity index (χ0v) is 10.0. The monoisotopic (exact) mass is 215 g/mol. The standard InChI is InChI=1S/C14H17NO/c1-9-8-15(3)10(2)13-11-6-4-5-7-12(11)16-14(9)13/h4-7,9-10H,8H2,1-3H3. The Balaban J connectivity index is 2.31. The summed E-state index contributed by atoms with van der Waals surface area (Å²) in [6, 6.07) is 8.81. The lowest BCUT2D eigenvalue weighted by atomic mass is 9.92. The number of para-hydroxylation sites is 1. The van der Waals surface area contributed by atoms with Crippen molar-refractivity contribution in [3.05, 3.63) is 35.6 Å². The Morgan fingerprint density at radius 2 is 2.00 bits per heavy atom. The molecule has 2 nitrogen and oxygen atoms in total.